The maximum Gasteiger partial charge on any atom is 0.311 e. The van der Waals surface area contributed by atoms with Crippen LogP contribution in [0.25, 0.3) is 0 Å². The molecule has 0 aromatic heterocycles. The maximum absolute atomic E-state index is 12.6. The molecule has 1 aromatic carbocycles. The molecule has 0 amide bonds. The molecule has 1 aromatic rings. The Morgan fingerprint density at radius 2 is 1.76 bits per heavy atom. The molecular weight excluding hydrogens is 283 g/mol. The Morgan fingerprint density at radius 3 is 2.18 bits per heavy atom. The molecule has 0 N–H and O–H groups in total. The summed E-state index contributed by atoms with van der Waals surface area (Å²) in [5.41, 5.74) is -1.60. The standard InChI is InChI=1S/C8H3F5N2S2/c9-17(10,11,12,13)8-3-7(15-5-16)2-1-6(8)4-14/h1-3H. The van der Waals surface area contributed by atoms with Crippen molar-refractivity contribution in [2.24, 2.45) is 4.99 Å². The molecule has 0 unspecified atom stereocenters. The van der Waals surface area contributed by atoms with Gasteiger partial charge in [-0.25, -0.2) is 0 Å². The van der Waals surface area contributed by atoms with Crippen LogP contribution >= 0.6 is 22.4 Å². The van der Waals surface area contributed by atoms with E-state index < -0.39 is 26.4 Å². The van der Waals surface area contributed by atoms with Gasteiger partial charge >= 0.3 is 10.2 Å². The normalized spacial score (nSPS) is 15.1. The van der Waals surface area contributed by atoms with Crippen molar-refractivity contribution in [3.63, 3.8) is 0 Å². The van der Waals surface area contributed by atoms with Gasteiger partial charge in [-0.15, -0.1) is 0 Å². The summed E-state index contributed by atoms with van der Waals surface area (Å²) in [6.07, 6.45) is 0. The number of hydrogen-bond donors (Lipinski definition) is 0. The number of thiocarbonyl (C=S) groups is 1. The van der Waals surface area contributed by atoms with Crippen molar-refractivity contribution in [1.82, 2.24) is 0 Å². The lowest BCUT2D eigenvalue weighted by Gasteiger charge is -2.40. The number of nitriles is 1. The van der Waals surface area contributed by atoms with Gasteiger partial charge in [0.05, 0.1) is 16.4 Å². The van der Waals surface area contributed by atoms with Crippen molar-refractivity contribution < 1.29 is 19.4 Å². The quantitative estimate of drug-likeness (QED) is 0.438. The number of halogens is 5. The van der Waals surface area contributed by atoms with Gasteiger partial charge in [0.1, 0.15) is 11.0 Å². The zero-order chi connectivity index (χ0) is 13.4. The van der Waals surface area contributed by atoms with Crippen LogP contribution in [0.2, 0.25) is 0 Å². The lowest BCUT2D eigenvalue weighted by Crippen LogP contribution is -2.08. The molecule has 0 saturated heterocycles. The molecule has 1 rings (SSSR count). The van der Waals surface area contributed by atoms with E-state index in [1.54, 1.807) is 5.16 Å². The van der Waals surface area contributed by atoms with Crippen molar-refractivity contribution in [1.29, 1.82) is 5.26 Å². The number of nitrogens with zero attached hydrogens (tertiary/aromatic N) is 2. The predicted octanol–water partition coefficient (Wildman–Crippen LogP) is 4.95. The van der Waals surface area contributed by atoms with Gasteiger partial charge in [0.25, 0.3) is 0 Å². The molecule has 0 bridgehead atoms. The second-order valence-corrected chi connectivity index (χ2v) is 5.52. The summed E-state index contributed by atoms with van der Waals surface area (Å²) < 4.78 is 62.9. The average molecular weight is 286 g/mol. The monoisotopic (exact) mass is 286 g/mol. The second kappa shape index (κ2) is 3.26. The Kier molecular flexibility index (Phi) is 2.60. The summed E-state index contributed by atoms with van der Waals surface area (Å²) >= 11 is 4.15. The van der Waals surface area contributed by atoms with Crippen LogP contribution in [-0.2, 0) is 0 Å². The van der Waals surface area contributed by atoms with Gasteiger partial charge in [-0.05, 0) is 30.4 Å². The van der Waals surface area contributed by atoms with E-state index in [-0.39, 0.29) is 6.07 Å². The van der Waals surface area contributed by atoms with Gasteiger partial charge in [-0.1, -0.05) is 19.4 Å². The minimum absolute atomic E-state index is 0.0827. The number of rotatable bonds is 2. The van der Waals surface area contributed by atoms with Gasteiger partial charge in [0, 0.05) is 0 Å². The van der Waals surface area contributed by atoms with Gasteiger partial charge in [0.15, 0.2) is 0 Å². The van der Waals surface area contributed by atoms with Crippen LogP contribution in [0.1, 0.15) is 5.56 Å². The van der Waals surface area contributed by atoms with Gasteiger partial charge < -0.3 is 0 Å². The summed E-state index contributed by atoms with van der Waals surface area (Å²) in [5.74, 6) is 0. The molecule has 0 saturated carbocycles. The van der Waals surface area contributed by atoms with Crippen molar-refractivity contribution >= 4 is 33.3 Å². The topological polar surface area (TPSA) is 36.1 Å². The van der Waals surface area contributed by atoms with Crippen molar-refractivity contribution in [3.05, 3.63) is 23.8 Å². The van der Waals surface area contributed by atoms with Crippen LogP contribution < -0.4 is 0 Å². The Hall–Kier alpha value is -1.49. The van der Waals surface area contributed by atoms with Crippen molar-refractivity contribution in [3.8, 4) is 6.07 Å². The maximum atomic E-state index is 12.6. The highest BCUT2D eigenvalue weighted by Gasteiger charge is 2.66. The van der Waals surface area contributed by atoms with Crippen LogP contribution in [0.15, 0.2) is 28.1 Å². The van der Waals surface area contributed by atoms with E-state index in [1.807, 2.05) is 0 Å². The predicted molar refractivity (Wildman–Crippen MR) is 57.2 cm³/mol. The third-order valence-electron chi connectivity index (χ3n) is 1.68. The highest BCUT2D eigenvalue weighted by molar-refractivity contribution is 8.45. The largest absolute Gasteiger partial charge is 0.311 e. The summed E-state index contributed by atoms with van der Waals surface area (Å²) in [5, 5.41) is 10.2. The van der Waals surface area contributed by atoms with E-state index in [9.17, 15) is 19.4 Å². The van der Waals surface area contributed by atoms with E-state index in [0.717, 1.165) is 12.1 Å². The Balaban J connectivity index is 3.70. The molecule has 0 spiro atoms. The number of isothiocyanates is 1. The molecular formula is C8H3F5N2S2. The fraction of sp³-hybridized carbons (Fsp3) is 0. The smallest absolute Gasteiger partial charge is 0.195 e. The first-order chi connectivity index (χ1) is 7.47. The number of hydrogen-bond acceptors (Lipinski definition) is 3. The molecule has 0 heterocycles. The molecule has 0 atom stereocenters. The van der Waals surface area contributed by atoms with Gasteiger partial charge in [-0.2, -0.15) is 10.3 Å². The minimum atomic E-state index is -9.91. The van der Waals surface area contributed by atoms with Crippen LogP contribution in [0.4, 0.5) is 25.1 Å². The molecule has 0 fully saturated rings. The van der Waals surface area contributed by atoms with E-state index in [4.69, 9.17) is 5.26 Å². The summed E-state index contributed by atoms with van der Waals surface area (Å²) in [6, 6.07) is 2.72. The van der Waals surface area contributed by atoms with Crippen LogP contribution in [0, 0.1) is 11.3 Å². The lowest BCUT2D eigenvalue weighted by atomic mass is 10.2. The number of benzene rings is 1. The lowest BCUT2D eigenvalue weighted by molar-refractivity contribution is 0.363. The zero-order valence-electron chi connectivity index (χ0n) is 7.83. The third kappa shape index (κ3) is 3.23. The van der Waals surface area contributed by atoms with Crippen molar-refractivity contribution in [2.75, 3.05) is 0 Å². The second-order valence-electron chi connectivity index (χ2n) is 2.96. The SMILES string of the molecule is N#Cc1ccc(N=C=S)cc1S(F)(F)(F)(F)F. The minimum Gasteiger partial charge on any atom is -0.195 e. The van der Waals surface area contributed by atoms with Crippen LogP contribution in [0.5, 0.6) is 0 Å². The fourth-order valence-electron chi connectivity index (χ4n) is 1.04. The summed E-state index contributed by atoms with van der Waals surface area (Å²) in [6.45, 7) is 0. The van der Waals surface area contributed by atoms with Crippen LogP contribution in [0.3, 0.4) is 0 Å². The molecule has 0 aliphatic carbocycles. The molecule has 17 heavy (non-hydrogen) atoms. The Morgan fingerprint density at radius 1 is 1.18 bits per heavy atom. The molecule has 9 heteroatoms. The molecule has 0 aliphatic heterocycles. The first kappa shape index (κ1) is 13.6. The number of aliphatic imine (C=N–C) groups is 1. The highest BCUT2D eigenvalue weighted by atomic mass is 32.5. The molecule has 92 valence electrons. The molecule has 2 nitrogen and oxygen atoms in total. The van der Waals surface area contributed by atoms with E-state index in [0.29, 0.717) is 6.07 Å². The van der Waals surface area contributed by atoms with Gasteiger partial charge in [-0.3, -0.25) is 0 Å². The highest BCUT2D eigenvalue weighted by Crippen LogP contribution is 3.02. The molecule has 0 aliphatic rings. The Labute approximate surface area is 98.1 Å². The van der Waals surface area contributed by atoms with E-state index in [1.165, 1.54) is 0 Å². The fourth-order valence-corrected chi connectivity index (χ4v) is 2.02. The first-order valence-corrected chi connectivity index (χ1v) is 6.20. The first-order valence-electron chi connectivity index (χ1n) is 3.84. The van der Waals surface area contributed by atoms with Crippen LogP contribution in [-0.4, -0.2) is 5.16 Å². The summed E-state index contributed by atoms with van der Waals surface area (Å²) in [7, 11) is -9.91. The van der Waals surface area contributed by atoms with E-state index in [2.05, 4.69) is 17.2 Å². The summed E-state index contributed by atoms with van der Waals surface area (Å²) in [4.78, 5) is 0.895. The third-order valence-corrected chi connectivity index (χ3v) is 2.94. The average Bonchev–Trinajstić information content (AvgIpc) is 2.15. The zero-order valence-corrected chi connectivity index (χ0v) is 9.47. The van der Waals surface area contributed by atoms with Gasteiger partial charge in [0.2, 0.25) is 0 Å². The molecule has 0 radical (unpaired) electrons. The van der Waals surface area contributed by atoms with E-state index >= 15 is 0 Å². The van der Waals surface area contributed by atoms with Crippen molar-refractivity contribution in [2.45, 2.75) is 4.90 Å². The Bertz CT molecular complexity index is 566.